The first-order chi connectivity index (χ1) is 10.9. The lowest BCUT2D eigenvalue weighted by atomic mass is 10.3. The molecule has 0 amide bonds. The Morgan fingerprint density at radius 1 is 1.00 bits per heavy atom. The third-order valence-corrected chi connectivity index (χ3v) is 3.26. The van der Waals surface area contributed by atoms with Gasteiger partial charge in [0.05, 0.1) is 11.4 Å². The van der Waals surface area contributed by atoms with Crippen molar-refractivity contribution in [3.05, 3.63) is 59.0 Å². The molecule has 0 aliphatic rings. The van der Waals surface area contributed by atoms with Crippen LogP contribution in [0.4, 0.5) is 20.3 Å². The molecule has 0 atom stereocenters. The van der Waals surface area contributed by atoms with Crippen LogP contribution in [0.1, 0.15) is 17.1 Å². The van der Waals surface area contributed by atoms with E-state index in [4.69, 9.17) is 0 Å². The van der Waals surface area contributed by atoms with E-state index in [0.717, 1.165) is 17.5 Å². The van der Waals surface area contributed by atoms with E-state index < -0.39 is 11.6 Å². The number of nitrogens with zero attached hydrogens (tertiary/aromatic N) is 4. The molecule has 0 radical (unpaired) electrons. The van der Waals surface area contributed by atoms with Gasteiger partial charge in [-0.2, -0.15) is 10.1 Å². The van der Waals surface area contributed by atoms with Crippen LogP contribution in [0.25, 0.3) is 5.95 Å². The van der Waals surface area contributed by atoms with Gasteiger partial charge in [0.2, 0.25) is 0 Å². The first-order valence-corrected chi connectivity index (χ1v) is 7.04. The standard InChI is InChI=1S/C16H15F2N5/c1-9-8-14(20-13-6-4-5-12(17)15(13)18)21-16(19-9)23-11(3)7-10(2)22-23/h4-8H,1-3H3,(H,19,20,21). The van der Waals surface area contributed by atoms with Gasteiger partial charge in [0.15, 0.2) is 11.6 Å². The van der Waals surface area contributed by atoms with Crippen molar-refractivity contribution in [3.8, 4) is 5.95 Å². The zero-order valence-corrected chi connectivity index (χ0v) is 12.9. The Hall–Kier alpha value is -2.83. The van der Waals surface area contributed by atoms with Crippen LogP contribution in [0, 0.1) is 32.4 Å². The van der Waals surface area contributed by atoms with Crippen molar-refractivity contribution in [2.24, 2.45) is 0 Å². The zero-order valence-electron chi connectivity index (χ0n) is 12.9. The Morgan fingerprint density at radius 2 is 1.78 bits per heavy atom. The molecule has 0 aliphatic heterocycles. The Kier molecular flexibility index (Phi) is 3.77. The second-order valence-corrected chi connectivity index (χ2v) is 5.26. The zero-order chi connectivity index (χ0) is 16.6. The van der Waals surface area contributed by atoms with Gasteiger partial charge in [-0.25, -0.2) is 18.4 Å². The first kappa shape index (κ1) is 15.1. The van der Waals surface area contributed by atoms with Crippen molar-refractivity contribution in [3.63, 3.8) is 0 Å². The van der Waals surface area contributed by atoms with Crippen molar-refractivity contribution in [1.29, 1.82) is 0 Å². The quantitative estimate of drug-likeness (QED) is 0.802. The number of aromatic nitrogens is 4. The van der Waals surface area contributed by atoms with Crippen LogP contribution >= 0.6 is 0 Å². The molecule has 1 aromatic carbocycles. The van der Waals surface area contributed by atoms with Gasteiger partial charge in [-0.1, -0.05) is 6.07 Å². The van der Waals surface area contributed by atoms with Gasteiger partial charge in [0.1, 0.15) is 5.82 Å². The molecule has 0 fully saturated rings. The van der Waals surface area contributed by atoms with E-state index >= 15 is 0 Å². The number of anilines is 2. The maximum atomic E-state index is 13.8. The highest BCUT2D eigenvalue weighted by molar-refractivity contribution is 5.57. The summed E-state index contributed by atoms with van der Waals surface area (Å²) in [7, 11) is 0. The van der Waals surface area contributed by atoms with Gasteiger partial charge >= 0.3 is 0 Å². The third kappa shape index (κ3) is 3.03. The molecule has 0 unspecified atom stereocenters. The highest BCUT2D eigenvalue weighted by Gasteiger charge is 2.12. The number of nitrogens with one attached hydrogen (secondary N) is 1. The summed E-state index contributed by atoms with van der Waals surface area (Å²) in [6.45, 7) is 5.57. The molecule has 23 heavy (non-hydrogen) atoms. The molecule has 7 heteroatoms. The molecule has 0 aliphatic carbocycles. The number of benzene rings is 1. The van der Waals surface area contributed by atoms with E-state index in [9.17, 15) is 8.78 Å². The van der Waals surface area contributed by atoms with Gasteiger partial charge in [-0.3, -0.25) is 0 Å². The Bertz CT molecular complexity index is 873. The summed E-state index contributed by atoms with van der Waals surface area (Å²) in [4.78, 5) is 8.67. The number of hydrogen-bond acceptors (Lipinski definition) is 4. The second kappa shape index (κ2) is 5.75. The summed E-state index contributed by atoms with van der Waals surface area (Å²) in [6.07, 6.45) is 0. The van der Waals surface area contributed by atoms with E-state index in [1.807, 2.05) is 19.9 Å². The van der Waals surface area contributed by atoms with Crippen molar-refractivity contribution >= 4 is 11.5 Å². The van der Waals surface area contributed by atoms with Crippen LogP contribution in [-0.4, -0.2) is 19.7 Å². The number of aryl methyl sites for hydroxylation is 3. The predicted molar refractivity (Wildman–Crippen MR) is 83.0 cm³/mol. The van der Waals surface area contributed by atoms with Crippen molar-refractivity contribution in [2.45, 2.75) is 20.8 Å². The lowest BCUT2D eigenvalue weighted by molar-refractivity contribution is 0.511. The largest absolute Gasteiger partial charge is 0.338 e. The first-order valence-electron chi connectivity index (χ1n) is 7.04. The maximum absolute atomic E-state index is 13.8. The van der Waals surface area contributed by atoms with E-state index in [2.05, 4.69) is 20.4 Å². The van der Waals surface area contributed by atoms with Gasteiger partial charge in [-0.15, -0.1) is 0 Å². The molecular weight excluding hydrogens is 300 g/mol. The van der Waals surface area contributed by atoms with Crippen LogP contribution < -0.4 is 5.32 Å². The lowest BCUT2D eigenvalue weighted by Crippen LogP contribution is -2.08. The Morgan fingerprint density at radius 3 is 2.48 bits per heavy atom. The summed E-state index contributed by atoms with van der Waals surface area (Å²) < 4.78 is 28.7. The minimum Gasteiger partial charge on any atom is -0.338 e. The highest BCUT2D eigenvalue weighted by atomic mass is 19.2. The fourth-order valence-electron chi connectivity index (χ4n) is 2.28. The normalized spacial score (nSPS) is 10.8. The van der Waals surface area contributed by atoms with E-state index in [0.29, 0.717) is 17.5 Å². The molecule has 0 saturated heterocycles. The van der Waals surface area contributed by atoms with Gasteiger partial charge < -0.3 is 5.32 Å². The summed E-state index contributed by atoms with van der Waals surface area (Å²) in [5.41, 5.74) is 2.43. The summed E-state index contributed by atoms with van der Waals surface area (Å²) in [6, 6.07) is 7.49. The Labute approximate surface area is 132 Å². The molecule has 0 bridgehead atoms. The smallest absolute Gasteiger partial charge is 0.252 e. The van der Waals surface area contributed by atoms with Crippen LogP contribution in [0.3, 0.4) is 0 Å². The molecule has 2 aromatic heterocycles. The minimum atomic E-state index is -0.948. The lowest BCUT2D eigenvalue weighted by Gasteiger charge is -2.10. The number of rotatable bonds is 3. The van der Waals surface area contributed by atoms with Crippen LogP contribution in [-0.2, 0) is 0 Å². The molecule has 3 aromatic rings. The Balaban J connectivity index is 2.01. The van der Waals surface area contributed by atoms with Crippen molar-refractivity contribution in [1.82, 2.24) is 19.7 Å². The van der Waals surface area contributed by atoms with Gasteiger partial charge in [0.25, 0.3) is 5.95 Å². The third-order valence-electron chi connectivity index (χ3n) is 3.26. The monoisotopic (exact) mass is 315 g/mol. The molecule has 1 N–H and O–H groups in total. The second-order valence-electron chi connectivity index (χ2n) is 5.26. The summed E-state index contributed by atoms with van der Waals surface area (Å²) in [5, 5.41) is 7.11. The van der Waals surface area contributed by atoms with Crippen LogP contribution in [0.15, 0.2) is 30.3 Å². The molecule has 2 heterocycles. The fraction of sp³-hybridized carbons (Fsp3) is 0.188. The molecule has 118 valence electrons. The average molecular weight is 315 g/mol. The van der Waals surface area contributed by atoms with E-state index in [-0.39, 0.29) is 5.69 Å². The van der Waals surface area contributed by atoms with Crippen LogP contribution in [0.5, 0.6) is 0 Å². The van der Waals surface area contributed by atoms with Crippen molar-refractivity contribution < 1.29 is 8.78 Å². The van der Waals surface area contributed by atoms with Gasteiger partial charge in [-0.05, 0) is 39.0 Å². The van der Waals surface area contributed by atoms with Gasteiger partial charge in [0, 0.05) is 17.5 Å². The van der Waals surface area contributed by atoms with E-state index in [1.165, 1.54) is 12.1 Å². The van der Waals surface area contributed by atoms with Crippen LogP contribution in [0.2, 0.25) is 0 Å². The topological polar surface area (TPSA) is 55.6 Å². The molecule has 3 rings (SSSR count). The van der Waals surface area contributed by atoms with Crippen molar-refractivity contribution in [2.75, 3.05) is 5.32 Å². The minimum absolute atomic E-state index is 0.0161. The van der Waals surface area contributed by atoms with E-state index in [1.54, 1.807) is 17.7 Å². The summed E-state index contributed by atoms with van der Waals surface area (Å²) >= 11 is 0. The SMILES string of the molecule is Cc1cc(Nc2cccc(F)c2F)nc(-n2nc(C)cc2C)n1. The number of hydrogen-bond donors (Lipinski definition) is 1. The number of halogens is 2. The molecule has 5 nitrogen and oxygen atoms in total. The maximum Gasteiger partial charge on any atom is 0.252 e. The molecular formula is C16H15F2N5. The highest BCUT2D eigenvalue weighted by Crippen LogP contribution is 2.21. The summed E-state index contributed by atoms with van der Waals surface area (Å²) in [5.74, 6) is -1.13. The molecule has 0 spiro atoms. The predicted octanol–water partition coefficient (Wildman–Crippen LogP) is 3.61. The fourth-order valence-corrected chi connectivity index (χ4v) is 2.28. The average Bonchev–Trinajstić information content (AvgIpc) is 2.82. The molecule has 0 saturated carbocycles.